The molecule has 17 heavy (non-hydrogen) atoms. The lowest BCUT2D eigenvalue weighted by molar-refractivity contribution is -0.0537. The summed E-state index contributed by atoms with van der Waals surface area (Å²) < 4.78 is 7.04. The second-order valence-corrected chi connectivity index (χ2v) is 4.38. The summed E-state index contributed by atoms with van der Waals surface area (Å²) in [5, 5.41) is 37.1. The van der Waals surface area contributed by atoms with Gasteiger partial charge in [-0.25, -0.2) is 4.98 Å². The molecule has 1 fully saturated rings. The third-order valence-corrected chi connectivity index (χ3v) is 3.42. The minimum atomic E-state index is -1.19. The molecule has 0 aromatic carbocycles. The van der Waals surface area contributed by atoms with Crippen LogP contribution in [-0.4, -0.2) is 49.8 Å². The normalized spacial score (nSPS) is 32.6. The van der Waals surface area contributed by atoms with E-state index in [0.717, 1.165) is 0 Å². The molecule has 7 nitrogen and oxygen atoms in total. The third kappa shape index (κ3) is 1.96. The average molecular weight is 304 g/mol. The molecule has 0 radical (unpaired) electrons. The Morgan fingerprint density at radius 1 is 1.53 bits per heavy atom. The first-order valence-electron chi connectivity index (χ1n) is 4.85. The predicted octanol–water partition coefficient (Wildman–Crippen LogP) is -0.871. The van der Waals surface area contributed by atoms with Crippen molar-refractivity contribution in [3.8, 4) is 6.07 Å². The molecule has 92 valence electrons. The molecular weight excluding hydrogens is 294 g/mol. The highest BCUT2D eigenvalue weighted by Gasteiger charge is 2.44. The van der Waals surface area contributed by atoms with Crippen molar-refractivity contribution in [1.82, 2.24) is 9.55 Å². The van der Waals surface area contributed by atoms with Crippen molar-refractivity contribution in [2.75, 3.05) is 6.61 Å². The molecule has 0 bridgehead atoms. The number of imidazole rings is 1. The van der Waals surface area contributed by atoms with Crippen LogP contribution in [0.5, 0.6) is 0 Å². The molecule has 0 saturated carbocycles. The van der Waals surface area contributed by atoms with Crippen LogP contribution in [0.1, 0.15) is 11.9 Å². The third-order valence-electron chi connectivity index (χ3n) is 2.63. The van der Waals surface area contributed by atoms with Gasteiger partial charge in [0.1, 0.15) is 29.0 Å². The van der Waals surface area contributed by atoms with Crippen LogP contribution in [0.25, 0.3) is 0 Å². The van der Waals surface area contributed by atoms with Crippen LogP contribution in [0.15, 0.2) is 10.9 Å². The quantitative estimate of drug-likeness (QED) is 0.655. The van der Waals surface area contributed by atoms with E-state index in [1.54, 1.807) is 0 Å². The Morgan fingerprint density at radius 2 is 2.24 bits per heavy atom. The number of aromatic nitrogens is 2. The number of halogens is 1. The highest BCUT2D eigenvalue weighted by atomic mass is 79.9. The lowest BCUT2D eigenvalue weighted by Gasteiger charge is -2.16. The van der Waals surface area contributed by atoms with E-state index < -0.39 is 31.1 Å². The second kappa shape index (κ2) is 4.72. The van der Waals surface area contributed by atoms with E-state index in [0.29, 0.717) is 4.60 Å². The zero-order chi connectivity index (χ0) is 12.6. The number of hydrogen-bond donors (Lipinski definition) is 3. The fourth-order valence-electron chi connectivity index (χ4n) is 1.71. The standard InChI is InChI=1S/C9H10BrN3O4/c10-8-4(1-11)12-3-13(8)9-7(16)6(15)5(2-14)17-9/h3,5-7,9,14-16H,2H2/t5-,6-,7-,9-/m1/s1. The Kier molecular flexibility index (Phi) is 3.46. The first kappa shape index (κ1) is 12.5. The number of rotatable bonds is 2. The van der Waals surface area contributed by atoms with Gasteiger partial charge in [0.25, 0.3) is 0 Å². The summed E-state index contributed by atoms with van der Waals surface area (Å²) in [5.74, 6) is 0. The Hall–Kier alpha value is -0.980. The molecule has 0 spiro atoms. The lowest BCUT2D eigenvalue weighted by Crippen LogP contribution is -2.33. The van der Waals surface area contributed by atoms with Crippen LogP contribution in [-0.2, 0) is 4.74 Å². The van der Waals surface area contributed by atoms with Gasteiger partial charge in [-0.15, -0.1) is 0 Å². The zero-order valence-electron chi connectivity index (χ0n) is 8.56. The Morgan fingerprint density at radius 3 is 2.71 bits per heavy atom. The molecule has 0 amide bonds. The van der Waals surface area contributed by atoms with Gasteiger partial charge in [-0.3, -0.25) is 4.57 Å². The van der Waals surface area contributed by atoms with Crippen molar-refractivity contribution >= 4 is 15.9 Å². The minimum Gasteiger partial charge on any atom is -0.394 e. The summed E-state index contributed by atoms with van der Waals surface area (Å²) in [6.07, 6.45) is -2.78. The molecule has 2 heterocycles. The van der Waals surface area contributed by atoms with Crippen molar-refractivity contribution in [2.24, 2.45) is 0 Å². The highest BCUT2D eigenvalue weighted by Crippen LogP contribution is 2.32. The van der Waals surface area contributed by atoms with E-state index in [2.05, 4.69) is 20.9 Å². The van der Waals surface area contributed by atoms with Crippen LogP contribution < -0.4 is 0 Å². The van der Waals surface area contributed by atoms with Gasteiger partial charge in [-0.1, -0.05) is 0 Å². The fourth-order valence-corrected chi connectivity index (χ4v) is 2.19. The summed E-state index contributed by atoms with van der Waals surface area (Å²) in [5.41, 5.74) is 0.155. The molecule has 8 heteroatoms. The van der Waals surface area contributed by atoms with E-state index in [1.165, 1.54) is 10.9 Å². The average Bonchev–Trinajstić information content (AvgIpc) is 2.82. The molecule has 3 N–H and O–H groups in total. The van der Waals surface area contributed by atoms with E-state index >= 15 is 0 Å². The minimum absolute atomic E-state index is 0.155. The van der Waals surface area contributed by atoms with Crippen molar-refractivity contribution < 1.29 is 20.1 Å². The summed E-state index contributed by atoms with van der Waals surface area (Å²) in [6.45, 7) is -0.397. The van der Waals surface area contributed by atoms with Gasteiger partial charge in [0.05, 0.1) is 12.9 Å². The molecular formula is C9H10BrN3O4. The highest BCUT2D eigenvalue weighted by molar-refractivity contribution is 9.10. The molecule has 1 saturated heterocycles. The second-order valence-electron chi connectivity index (χ2n) is 3.63. The molecule has 1 aliphatic heterocycles. The van der Waals surface area contributed by atoms with E-state index in [4.69, 9.17) is 15.1 Å². The maximum Gasteiger partial charge on any atom is 0.173 e. The first-order valence-corrected chi connectivity index (χ1v) is 5.64. The Balaban J connectivity index is 2.29. The van der Waals surface area contributed by atoms with Gasteiger partial charge in [0.15, 0.2) is 11.9 Å². The SMILES string of the molecule is N#Cc1ncn([C@@H]2O[C@H](CO)[C@@H](O)[C@H]2O)c1Br. The van der Waals surface area contributed by atoms with Gasteiger partial charge in [-0.05, 0) is 15.9 Å². The molecule has 1 aromatic heterocycles. The molecule has 2 rings (SSSR count). The topological polar surface area (TPSA) is 112 Å². The number of hydrogen-bond acceptors (Lipinski definition) is 6. The van der Waals surface area contributed by atoms with Crippen LogP contribution in [0.2, 0.25) is 0 Å². The number of aliphatic hydroxyl groups excluding tert-OH is 3. The van der Waals surface area contributed by atoms with Crippen LogP contribution in [0, 0.1) is 11.3 Å². The summed E-state index contributed by atoms with van der Waals surface area (Å²) in [6, 6.07) is 1.86. The summed E-state index contributed by atoms with van der Waals surface area (Å²) in [7, 11) is 0. The van der Waals surface area contributed by atoms with Gasteiger partial charge in [0.2, 0.25) is 0 Å². The number of aliphatic hydroxyl groups is 3. The smallest absolute Gasteiger partial charge is 0.173 e. The van der Waals surface area contributed by atoms with Crippen LogP contribution in [0.3, 0.4) is 0 Å². The molecule has 1 aromatic rings. The van der Waals surface area contributed by atoms with Crippen LogP contribution >= 0.6 is 15.9 Å². The van der Waals surface area contributed by atoms with Crippen molar-refractivity contribution in [1.29, 1.82) is 5.26 Å². The van der Waals surface area contributed by atoms with Crippen molar-refractivity contribution in [2.45, 2.75) is 24.5 Å². The van der Waals surface area contributed by atoms with Gasteiger partial charge < -0.3 is 20.1 Å². The fraction of sp³-hybridized carbons (Fsp3) is 0.556. The van der Waals surface area contributed by atoms with E-state index in [1.807, 2.05) is 6.07 Å². The van der Waals surface area contributed by atoms with Gasteiger partial charge >= 0.3 is 0 Å². The van der Waals surface area contributed by atoms with Gasteiger partial charge in [0, 0.05) is 0 Å². The van der Waals surface area contributed by atoms with Gasteiger partial charge in [-0.2, -0.15) is 5.26 Å². The molecule has 0 aliphatic carbocycles. The predicted molar refractivity (Wildman–Crippen MR) is 57.7 cm³/mol. The van der Waals surface area contributed by atoms with Crippen molar-refractivity contribution in [3.05, 3.63) is 16.6 Å². The summed E-state index contributed by atoms with van der Waals surface area (Å²) >= 11 is 3.15. The van der Waals surface area contributed by atoms with E-state index in [9.17, 15) is 10.2 Å². The maximum absolute atomic E-state index is 9.78. The molecule has 4 atom stereocenters. The Bertz CT molecular complexity index is 458. The van der Waals surface area contributed by atoms with E-state index in [-0.39, 0.29) is 5.69 Å². The summed E-state index contributed by atoms with van der Waals surface area (Å²) in [4.78, 5) is 3.81. The number of ether oxygens (including phenoxy) is 1. The molecule has 1 aliphatic rings. The Labute approximate surface area is 105 Å². The lowest BCUT2D eigenvalue weighted by atomic mass is 10.1. The van der Waals surface area contributed by atoms with Crippen LogP contribution in [0.4, 0.5) is 0 Å². The number of nitriles is 1. The number of nitrogens with zero attached hydrogens (tertiary/aromatic N) is 3. The monoisotopic (exact) mass is 303 g/mol. The largest absolute Gasteiger partial charge is 0.394 e. The zero-order valence-corrected chi connectivity index (χ0v) is 10.1. The molecule has 0 unspecified atom stereocenters. The first-order chi connectivity index (χ1) is 8.10. The maximum atomic E-state index is 9.78. The van der Waals surface area contributed by atoms with Crippen molar-refractivity contribution in [3.63, 3.8) is 0 Å².